The van der Waals surface area contributed by atoms with E-state index in [2.05, 4.69) is 4.90 Å². The summed E-state index contributed by atoms with van der Waals surface area (Å²) in [7, 11) is 3.24. The van der Waals surface area contributed by atoms with Gasteiger partial charge in [0.15, 0.2) is 0 Å². The molecule has 25 heavy (non-hydrogen) atoms. The predicted molar refractivity (Wildman–Crippen MR) is 99.5 cm³/mol. The molecule has 0 amide bonds. The highest BCUT2D eigenvalue weighted by molar-refractivity contribution is 6.35. The molecule has 0 aliphatic carbocycles. The third kappa shape index (κ3) is 5.00. The van der Waals surface area contributed by atoms with Crippen LogP contribution in [0.25, 0.3) is 0 Å². The summed E-state index contributed by atoms with van der Waals surface area (Å²) in [4.78, 5) is 2.21. The molecule has 7 heteroatoms. The molecule has 2 N–H and O–H groups in total. The number of aliphatic hydroxyl groups is 2. The van der Waals surface area contributed by atoms with Gasteiger partial charge in [-0.3, -0.25) is 4.90 Å². The van der Waals surface area contributed by atoms with Gasteiger partial charge in [0.05, 0.1) is 24.8 Å². The van der Waals surface area contributed by atoms with E-state index in [4.69, 9.17) is 32.7 Å². The van der Waals surface area contributed by atoms with Gasteiger partial charge in [-0.1, -0.05) is 23.2 Å². The van der Waals surface area contributed by atoms with E-state index in [0.717, 1.165) is 18.5 Å². The smallest absolute Gasteiger partial charge is 0.142 e. The molecule has 1 saturated heterocycles. The fourth-order valence-corrected chi connectivity index (χ4v) is 4.24. The van der Waals surface area contributed by atoms with Crippen LogP contribution in [0.3, 0.4) is 0 Å². The Hall–Kier alpha value is -0.560. The monoisotopic (exact) mass is 391 g/mol. The number of aliphatic hydroxyl groups excluding tert-OH is 2. The quantitative estimate of drug-likeness (QED) is 0.666. The molecule has 0 saturated carbocycles. The molecule has 0 bridgehead atoms. The molecule has 1 aliphatic rings. The van der Waals surface area contributed by atoms with Crippen molar-refractivity contribution in [2.75, 3.05) is 40.5 Å². The summed E-state index contributed by atoms with van der Waals surface area (Å²) >= 11 is 12.4. The van der Waals surface area contributed by atoms with Crippen molar-refractivity contribution in [3.05, 3.63) is 27.7 Å². The maximum absolute atomic E-state index is 10.5. The standard InChI is InChI=1S/C18H27Cl2NO4/c1-24-7-3-5-18(12-22)11-21(6-4-16(18)23)10-13-8-14(19)9-15(20)17(13)25-2/h8-9,16,22-23H,3-7,10-12H2,1-2H3/t16-,18+/m1/s1. The molecule has 1 fully saturated rings. The molecule has 0 radical (unpaired) electrons. The number of nitrogens with zero attached hydrogens (tertiary/aromatic N) is 1. The minimum absolute atomic E-state index is 0.0538. The van der Waals surface area contributed by atoms with Gasteiger partial charge in [0.2, 0.25) is 0 Å². The zero-order valence-corrected chi connectivity index (χ0v) is 16.3. The van der Waals surface area contributed by atoms with Gasteiger partial charge in [-0.05, 0) is 31.4 Å². The first kappa shape index (κ1) is 20.7. The first-order valence-electron chi connectivity index (χ1n) is 8.48. The van der Waals surface area contributed by atoms with Crippen molar-refractivity contribution in [3.8, 4) is 5.75 Å². The number of likely N-dealkylation sites (tertiary alicyclic amines) is 1. The van der Waals surface area contributed by atoms with E-state index in [-0.39, 0.29) is 6.61 Å². The van der Waals surface area contributed by atoms with Crippen molar-refractivity contribution < 1.29 is 19.7 Å². The van der Waals surface area contributed by atoms with Crippen LogP contribution in [0.4, 0.5) is 0 Å². The van der Waals surface area contributed by atoms with Crippen LogP contribution in [0.2, 0.25) is 10.0 Å². The van der Waals surface area contributed by atoms with Gasteiger partial charge in [-0.15, -0.1) is 0 Å². The third-order valence-corrected chi connectivity index (χ3v) is 5.48. The third-order valence-electron chi connectivity index (χ3n) is 4.99. The van der Waals surface area contributed by atoms with Crippen LogP contribution < -0.4 is 4.74 Å². The Bertz CT molecular complexity index is 572. The molecule has 1 heterocycles. The normalized spacial score (nSPS) is 24.5. The van der Waals surface area contributed by atoms with Crippen LogP contribution in [0.15, 0.2) is 12.1 Å². The van der Waals surface area contributed by atoms with Gasteiger partial charge in [0.25, 0.3) is 0 Å². The lowest BCUT2D eigenvalue weighted by molar-refractivity contribution is -0.0844. The molecular weight excluding hydrogens is 365 g/mol. The summed E-state index contributed by atoms with van der Waals surface area (Å²) in [6, 6.07) is 3.51. The number of benzene rings is 1. The summed E-state index contributed by atoms with van der Waals surface area (Å²) in [5, 5.41) is 21.5. The molecule has 0 spiro atoms. The average molecular weight is 392 g/mol. The number of hydrogen-bond donors (Lipinski definition) is 2. The summed E-state index contributed by atoms with van der Waals surface area (Å²) < 4.78 is 10.5. The van der Waals surface area contributed by atoms with E-state index < -0.39 is 11.5 Å². The number of piperidine rings is 1. The topological polar surface area (TPSA) is 62.2 Å². The largest absolute Gasteiger partial charge is 0.495 e. The van der Waals surface area contributed by atoms with Crippen LogP contribution in [0.1, 0.15) is 24.8 Å². The minimum Gasteiger partial charge on any atom is -0.495 e. The van der Waals surface area contributed by atoms with Crippen LogP contribution >= 0.6 is 23.2 Å². The molecule has 2 rings (SSSR count). The lowest BCUT2D eigenvalue weighted by Crippen LogP contribution is -2.53. The fourth-order valence-electron chi connectivity index (χ4n) is 3.63. The Morgan fingerprint density at radius 1 is 1.32 bits per heavy atom. The van der Waals surface area contributed by atoms with E-state index >= 15 is 0 Å². The molecule has 5 nitrogen and oxygen atoms in total. The second-order valence-corrected chi connectivity index (χ2v) is 7.56. The number of methoxy groups -OCH3 is 2. The fraction of sp³-hybridized carbons (Fsp3) is 0.667. The van der Waals surface area contributed by atoms with Gasteiger partial charge in [-0.2, -0.15) is 0 Å². The summed E-state index contributed by atoms with van der Waals surface area (Å²) in [6.45, 7) is 2.50. The SMILES string of the molecule is COCCC[C@@]1(CO)CN(Cc2cc(Cl)cc(Cl)c2OC)CC[C@H]1O. The molecule has 1 aromatic carbocycles. The molecule has 1 aliphatic heterocycles. The molecule has 142 valence electrons. The zero-order valence-electron chi connectivity index (χ0n) is 14.8. The Labute approximate surface area is 159 Å². The van der Waals surface area contributed by atoms with Gasteiger partial charge in [0.1, 0.15) is 5.75 Å². The van der Waals surface area contributed by atoms with E-state index in [1.807, 2.05) is 6.07 Å². The van der Waals surface area contributed by atoms with E-state index in [0.29, 0.717) is 48.3 Å². The van der Waals surface area contributed by atoms with Crippen LogP contribution in [0, 0.1) is 5.41 Å². The second-order valence-electron chi connectivity index (χ2n) is 6.71. The highest BCUT2D eigenvalue weighted by Gasteiger charge is 2.42. The maximum atomic E-state index is 10.5. The average Bonchev–Trinajstić information content (AvgIpc) is 2.57. The number of rotatable bonds is 8. The summed E-state index contributed by atoms with van der Waals surface area (Å²) in [5.41, 5.74) is 0.368. The van der Waals surface area contributed by atoms with Crippen LogP contribution in [-0.2, 0) is 11.3 Å². The second kappa shape index (κ2) is 9.40. The zero-order chi connectivity index (χ0) is 18.4. The Balaban J connectivity index is 2.15. The Morgan fingerprint density at radius 2 is 2.08 bits per heavy atom. The number of ether oxygens (including phenoxy) is 2. The van der Waals surface area contributed by atoms with Crippen molar-refractivity contribution in [1.29, 1.82) is 0 Å². The van der Waals surface area contributed by atoms with Crippen molar-refractivity contribution >= 4 is 23.2 Å². The van der Waals surface area contributed by atoms with Gasteiger partial charge >= 0.3 is 0 Å². The van der Waals surface area contributed by atoms with Crippen molar-refractivity contribution in [1.82, 2.24) is 4.90 Å². The lowest BCUT2D eigenvalue weighted by Gasteiger charge is -2.45. The lowest BCUT2D eigenvalue weighted by atomic mass is 9.74. The highest BCUT2D eigenvalue weighted by atomic mass is 35.5. The molecule has 0 unspecified atom stereocenters. The molecule has 0 aromatic heterocycles. The summed E-state index contributed by atoms with van der Waals surface area (Å²) in [6.07, 6.45) is 1.61. The molecular formula is C18H27Cl2NO4. The van der Waals surface area contributed by atoms with E-state index in [1.54, 1.807) is 20.3 Å². The van der Waals surface area contributed by atoms with Crippen LogP contribution in [0.5, 0.6) is 5.75 Å². The minimum atomic E-state index is -0.535. The molecule has 1 aromatic rings. The summed E-state index contributed by atoms with van der Waals surface area (Å²) in [5.74, 6) is 0.617. The maximum Gasteiger partial charge on any atom is 0.142 e. The van der Waals surface area contributed by atoms with Gasteiger partial charge in [-0.25, -0.2) is 0 Å². The first-order chi connectivity index (χ1) is 12.0. The first-order valence-corrected chi connectivity index (χ1v) is 9.23. The molecule has 2 atom stereocenters. The van der Waals surface area contributed by atoms with Crippen molar-refractivity contribution in [2.45, 2.75) is 31.9 Å². The van der Waals surface area contributed by atoms with Crippen LogP contribution in [-0.4, -0.2) is 61.7 Å². The van der Waals surface area contributed by atoms with E-state index in [1.165, 1.54) is 0 Å². The van der Waals surface area contributed by atoms with Crippen molar-refractivity contribution in [3.63, 3.8) is 0 Å². The van der Waals surface area contributed by atoms with Gasteiger partial charge in [0, 0.05) is 49.4 Å². The number of hydrogen-bond acceptors (Lipinski definition) is 5. The highest BCUT2D eigenvalue weighted by Crippen LogP contribution is 2.37. The van der Waals surface area contributed by atoms with Gasteiger partial charge < -0.3 is 19.7 Å². The Morgan fingerprint density at radius 3 is 2.72 bits per heavy atom. The number of halogens is 2. The predicted octanol–water partition coefficient (Wildman–Crippen LogP) is 2.97. The van der Waals surface area contributed by atoms with Crippen molar-refractivity contribution in [2.24, 2.45) is 5.41 Å². The van der Waals surface area contributed by atoms with E-state index in [9.17, 15) is 10.2 Å². The Kier molecular flexibility index (Phi) is 7.80.